The summed E-state index contributed by atoms with van der Waals surface area (Å²) < 4.78 is 1.32. The van der Waals surface area contributed by atoms with Gasteiger partial charge in [-0.3, -0.25) is 14.3 Å². The van der Waals surface area contributed by atoms with Gasteiger partial charge in [-0.15, -0.1) is 11.3 Å². The first-order valence-corrected chi connectivity index (χ1v) is 9.46. The number of fused-ring (bicyclic) bond motifs is 1. The summed E-state index contributed by atoms with van der Waals surface area (Å²) in [5, 5.41) is 2.55. The lowest BCUT2D eigenvalue weighted by atomic mass is 10.1. The van der Waals surface area contributed by atoms with Crippen LogP contribution in [-0.2, 0) is 6.54 Å². The highest BCUT2D eigenvalue weighted by Gasteiger charge is 2.15. The van der Waals surface area contributed by atoms with Crippen LogP contribution in [0.15, 0.2) is 39.2 Å². The van der Waals surface area contributed by atoms with Crippen molar-refractivity contribution in [3.05, 3.63) is 56.0 Å². The summed E-state index contributed by atoms with van der Waals surface area (Å²) in [6.07, 6.45) is 0. The van der Waals surface area contributed by atoms with Crippen LogP contribution in [-0.4, -0.2) is 34.1 Å². The first kappa shape index (κ1) is 17.6. The molecule has 0 aliphatic heterocycles. The highest BCUT2D eigenvalue weighted by atomic mass is 32.1. The highest BCUT2D eigenvalue weighted by Crippen LogP contribution is 2.30. The summed E-state index contributed by atoms with van der Waals surface area (Å²) in [6, 6.07) is 8.09. The summed E-state index contributed by atoms with van der Waals surface area (Å²) in [5.41, 5.74) is 2.52. The van der Waals surface area contributed by atoms with E-state index in [1.807, 2.05) is 36.6 Å². The molecule has 0 bridgehead atoms. The first-order valence-electron chi connectivity index (χ1n) is 8.58. The van der Waals surface area contributed by atoms with Crippen molar-refractivity contribution in [2.75, 3.05) is 19.6 Å². The van der Waals surface area contributed by atoms with Crippen LogP contribution in [0.25, 0.3) is 21.3 Å². The van der Waals surface area contributed by atoms with E-state index in [1.165, 1.54) is 21.5 Å². The number of aromatic nitrogens is 2. The molecule has 3 rings (SSSR count). The summed E-state index contributed by atoms with van der Waals surface area (Å²) in [5.74, 6) is 0. The Bertz CT molecular complexity index is 979. The molecular weight excluding hydrogens is 334 g/mol. The van der Waals surface area contributed by atoms with E-state index < -0.39 is 0 Å². The van der Waals surface area contributed by atoms with Crippen molar-refractivity contribution in [3.63, 3.8) is 0 Å². The van der Waals surface area contributed by atoms with Gasteiger partial charge in [-0.2, -0.15) is 0 Å². The Labute approximate surface area is 150 Å². The molecule has 6 heteroatoms. The van der Waals surface area contributed by atoms with E-state index in [4.69, 9.17) is 0 Å². The molecule has 0 aliphatic carbocycles. The lowest BCUT2D eigenvalue weighted by molar-refractivity contribution is 0.287. The molecule has 0 radical (unpaired) electrons. The Morgan fingerprint density at radius 3 is 2.44 bits per heavy atom. The van der Waals surface area contributed by atoms with Gasteiger partial charge in [0.15, 0.2) is 0 Å². The fourth-order valence-electron chi connectivity index (χ4n) is 2.98. The van der Waals surface area contributed by atoms with Crippen molar-refractivity contribution < 1.29 is 0 Å². The van der Waals surface area contributed by atoms with Crippen LogP contribution in [0.5, 0.6) is 0 Å². The Morgan fingerprint density at radius 1 is 1.12 bits per heavy atom. The second-order valence-corrected chi connectivity index (χ2v) is 7.01. The zero-order chi connectivity index (χ0) is 18.0. The van der Waals surface area contributed by atoms with Gasteiger partial charge in [0.25, 0.3) is 5.56 Å². The normalized spacial score (nSPS) is 11.5. The number of rotatable bonds is 6. The van der Waals surface area contributed by atoms with E-state index >= 15 is 0 Å². The van der Waals surface area contributed by atoms with E-state index in [0.29, 0.717) is 23.3 Å². The fourth-order valence-corrected chi connectivity index (χ4v) is 3.93. The number of hydrogen-bond donors (Lipinski definition) is 1. The fraction of sp³-hybridized carbons (Fsp3) is 0.368. The molecule has 0 saturated carbocycles. The third-order valence-electron chi connectivity index (χ3n) is 4.61. The largest absolute Gasteiger partial charge is 0.329 e. The number of nitrogens with one attached hydrogen (secondary N) is 1. The quantitative estimate of drug-likeness (QED) is 0.738. The number of likely N-dealkylation sites (N-methyl/N-ethyl adjacent to an activating group) is 1. The van der Waals surface area contributed by atoms with E-state index in [2.05, 4.69) is 23.7 Å². The SMILES string of the molecule is CCN(CC)CCn1c(=O)[nH]c2scc(-c3ccc(C)cc3)c2c1=O. The molecule has 5 nitrogen and oxygen atoms in total. The van der Waals surface area contributed by atoms with Gasteiger partial charge < -0.3 is 4.90 Å². The van der Waals surface area contributed by atoms with Crippen molar-refractivity contribution in [1.82, 2.24) is 14.5 Å². The maximum absolute atomic E-state index is 13.0. The van der Waals surface area contributed by atoms with Crippen molar-refractivity contribution >= 4 is 21.6 Å². The van der Waals surface area contributed by atoms with E-state index in [1.54, 1.807) is 0 Å². The van der Waals surface area contributed by atoms with Crippen LogP contribution in [0.2, 0.25) is 0 Å². The molecule has 2 aromatic heterocycles. The minimum Gasteiger partial charge on any atom is -0.302 e. The molecule has 0 atom stereocenters. The number of thiophene rings is 1. The topological polar surface area (TPSA) is 58.1 Å². The molecule has 0 spiro atoms. The van der Waals surface area contributed by atoms with Gasteiger partial charge in [-0.1, -0.05) is 43.7 Å². The molecular formula is C19H23N3O2S. The van der Waals surface area contributed by atoms with Crippen LogP contribution in [0, 0.1) is 6.92 Å². The molecule has 25 heavy (non-hydrogen) atoms. The van der Waals surface area contributed by atoms with Gasteiger partial charge in [0.2, 0.25) is 0 Å². The van der Waals surface area contributed by atoms with E-state index in [-0.39, 0.29) is 11.2 Å². The van der Waals surface area contributed by atoms with Crippen LogP contribution in [0.3, 0.4) is 0 Å². The van der Waals surface area contributed by atoms with Gasteiger partial charge in [0.05, 0.1) is 5.39 Å². The average Bonchev–Trinajstić information content (AvgIpc) is 3.02. The zero-order valence-electron chi connectivity index (χ0n) is 14.8. The summed E-state index contributed by atoms with van der Waals surface area (Å²) in [4.78, 5) is 31.0. The number of aromatic amines is 1. The lowest BCUT2D eigenvalue weighted by Crippen LogP contribution is -2.39. The zero-order valence-corrected chi connectivity index (χ0v) is 15.7. The molecule has 0 aliphatic rings. The van der Waals surface area contributed by atoms with Crippen LogP contribution >= 0.6 is 11.3 Å². The minimum absolute atomic E-state index is 0.206. The molecule has 3 aromatic rings. The second kappa shape index (κ2) is 7.37. The molecule has 0 fully saturated rings. The molecule has 0 unspecified atom stereocenters. The second-order valence-electron chi connectivity index (χ2n) is 6.13. The van der Waals surface area contributed by atoms with Crippen molar-refractivity contribution in [2.45, 2.75) is 27.3 Å². The number of nitrogens with zero attached hydrogens (tertiary/aromatic N) is 2. The maximum atomic E-state index is 13.0. The predicted molar refractivity (Wildman–Crippen MR) is 105 cm³/mol. The Balaban J connectivity index is 2.08. The van der Waals surface area contributed by atoms with Crippen molar-refractivity contribution in [2.24, 2.45) is 0 Å². The van der Waals surface area contributed by atoms with Crippen molar-refractivity contribution in [3.8, 4) is 11.1 Å². The van der Waals surface area contributed by atoms with Gasteiger partial charge in [0, 0.05) is 24.0 Å². The number of H-pyrrole nitrogens is 1. The maximum Gasteiger partial charge on any atom is 0.329 e. The van der Waals surface area contributed by atoms with E-state index in [0.717, 1.165) is 24.2 Å². The monoisotopic (exact) mass is 357 g/mol. The molecule has 0 amide bonds. The third-order valence-corrected chi connectivity index (χ3v) is 5.51. The minimum atomic E-state index is -0.332. The highest BCUT2D eigenvalue weighted by molar-refractivity contribution is 7.17. The van der Waals surface area contributed by atoms with Gasteiger partial charge in [-0.25, -0.2) is 4.79 Å². The average molecular weight is 357 g/mol. The molecule has 2 heterocycles. The number of hydrogen-bond acceptors (Lipinski definition) is 4. The molecule has 1 aromatic carbocycles. The number of aryl methyl sites for hydroxylation is 1. The van der Waals surface area contributed by atoms with Gasteiger partial charge >= 0.3 is 5.69 Å². The lowest BCUT2D eigenvalue weighted by Gasteiger charge is -2.18. The van der Waals surface area contributed by atoms with Crippen LogP contribution in [0.4, 0.5) is 0 Å². The van der Waals surface area contributed by atoms with Crippen LogP contribution < -0.4 is 11.2 Å². The molecule has 0 saturated heterocycles. The molecule has 132 valence electrons. The summed E-state index contributed by atoms with van der Waals surface area (Å²) in [7, 11) is 0. The Morgan fingerprint density at radius 2 is 1.80 bits per heavy atom. The Hall–Kier alpha value is -2.18. The summed E-state index contributed by atoms with van der Waals surface area (Å²) >= 11 is 1.40. The summed E-state index contributed by atoms with van der Waals surface area (Å²) in [6.45, 7) is 9.08. The van der Waals surface area contributed by atoms with Crippen LogP contribution in [0.1, 0.15) is 19.4 Å². The number of benzene rings is 1. The smallest absolute Gasteiger partial charge is 0.302 e. The Kier molecular flexibility index (Phi) is 5.20. The van der Waals surface area contributed by atoms with Gasteiger partial charge in [0.1, 0.15) is 4.83 Å². The predicted octanol–water partition coefficient (Wildman–Crippen LogP) is 3.07. The third kappa shape index (κ3) is 3.45. The van der Waals surface area contributed by atoms with Gasteiger partial charge in [-0.05, 0) is 25.6 Å². The standard InChI is InChI=1S/C19H23N3O2S/c1-4-21(5-2)10-11-22-18(23)16-15(12-25-17(16)20-19(22)24)14-8-6-13(3)7-9-14/h6-9,12H,4-5,10-11H2,1-3H3,(H,20,24). The molecule has 1 N–H and O–H groups in total. The van der Waals surface area contributed by atoms with E-state index in [9.17, 15) is 9.59 Å². The van der Waals surface area contributed by atoms with Crippen molar-refractivity contribution in [1.29, 1.82) is 0 Å². The first-order chi connectivity index (χ1) is 12.0.